The highest BCUT2D eigenvalue weighted by atomic mass is 79.9. The van der Waals surface area contributed by atoms with Crippen LogP contribution in [-0.4, -0.2) is 30.9 Å². The highest BCUT2D eigenvalue weighted by molar-refractivity contribution is 9.09. The molecule has 0 unspecified atom stereocenters. The fourth-order valence-electron chi connectivity index (χ4n) is 2.46. The van der Waals surface area contributed by atoms with Gasteiger partial charge in [-0.3, -0.25) is 0 Å². The molecule has 0 saturated heterocycles. The van der Waals surface area contributed by atoms with Gasteiger partial charge in [0.1, 0.15) is 5.75 Å². The number of benzene rings is 1. The lowest BCUT2D eigenvalue weighted by atomic mass is 9.84. The number of nitrogens with zero attached hydrogens (tertiary/aromatic N) is 1. The monoisotopic (exact) mass is 327 g/mol. The van der Waals surface area contributed by atoms with Gasteiger partial charge in [0.25, 0.3) is 0 Å². The Kier molecular flexibility index (Phi) is 6.87. The summed E-state index contributed by atoms with van der Waals surface area (Å²) in [6.07, 6.45) is 2.40. The lowest BCUT2D eigenvalue weighted by molar-refractivity contribution is 0.179. The number of halogens is 1. The first-order valence-corrected chi connectivity index (χ1v) is 8.09. The number of para-hydroxylation sites is 1. The zero-order valence-electron chi connectivity index (χ0n) is 12.6. The molecular weight excluding hydrogens is 302 g/mol. The van der Waals surface area contributed by atoms with Crippen molar-refractivity contribution < 1.29 is 4.74 Å². The van der Waals surface area contributed by atoms with Gasteiger partial charge in [-0.25, -0.2) is 0 Å². The second-order valence-corrected chi connectivity index (χ2v) is 5.89. The molecule has 0 atom stereocenters. The first-order chi connectivity index (χ1) is 9.10. The summed E-state index contributed by atoms with van der Waals surface area (Å²) in [6.45, 7) is 6.59. The van der Waals surface area contributed by atoms with Gasteiger partial charge in [-0.05, 0) is 31.4 Å². The maximum absolute atomic E-state index is 5.42. The molecule has 0 amide bonds. The minimum absolute atomic E-state index is 0.372. The standard InChI is InChI=1S/C16H26BrNO/c1-5-16(6-2,12-17)13-18(3)11-14-9-7-8-10-15(14)19-4/h7-10H,5-6,11-13H2,1-4H3. The summed E-state index contributed by atoms with van der Waals surface area (Å²) in [4.78, 5) is 2.39. The topological polar surface area (TPSA) is 12.5 Å². The zero-order chi connectivity index (χ0) is 14.3. The van der Waals surface area contributed by atoms with Crippen molar-refractivity contribution in [2.24, 2.45) is 5.41 Å². The van der Waals surface area contributed by atoms with Gasteiger partial charge in [0.15, 0.2) is 0 Å². The molecule has 0 radical (unpaired) electrons. The Morgan fingerprint density at radius 3 is 2.37 bits per heavy atom. The van der Waals surface area contributed by atoms with Gasteiger partial charge >= 0.3 is 0 Å². The van der Waals surface area contributed by atoms with E-state index in [4.69, 9.17) is 4.74 Å². The Morgan fingerprint density at radius 2 is 1.84 bits per heavy atom. The molecule has 0 spiro atoms. The summed E-state index contributed by atoms with van der Waals surface area (Å²) in [6, 6.07) is 8.26. The molecular formula is C16H26BrNO. The molecule has 1 rings (SSSR count). The van der Waals surface area contributed by atoms with Gasteiger partial charge in [0.2, 0.25) is 0 Å². The van der Waals surface area contributed by atoms with E-state index in [0.717, 1.165) is 24.2 Å². The molecule has 0 aliphatic rings. The number of hydrogen-bond acceptors (Lipinski definition) is 2. The summed E-state index contributed by atoms with van der Waals surface area (Å²) in [5.74, 6) is 0.979. The van der Waals surface area contributed by atoms with E-state index in [1.54, 1.807) is 7.11 Å². The van der Waals surface area contributed by atoms with Crippen molar-refractivity contribution in [2.75, 3.05) is 26.0 Å². The normalized spacial score (nSPS) is 11.9. The van der Waals surface area contributed by atoms with Crippen LogP contribution in [0.2, 0.25) is 0 Å². The third-order valence-electron chi connectivity index (χ3n) is 4.02. The Balaban J connectivity index is 2.71. The number of rotatable bonds is 8. The lowest BCUT2D eigenvalue weighted by Crippen LogP contribution is -2.36. The van der Waals surface area contributed by atoms with E-state index < -0.39 is 0 Å². The third-order valence-corrected chi connectivity index (χ3v) is 5.21. The van der Waals surface area contributed by atoms with E-state index in [-0.39, 0.29) is 0 Å². The van der Waals surface area contributed by atoms with Crippen LogP contribution in [0.15, 0.2) is 24.3 Å². The van der Waals surface area contributed by atoms with E-state index >= 15 is 0 Å². The summed E-state index contributed by atoms with van der Waals surface area (Å²) in [5, 5.41) is 1.06. The van der Waals surface area contributed by atoms with Crippen molar-refractivity contribution in [1.29, 1.82) is 0 Å². The molecule has 0 fully saturated rings. The summed E-state index contributed by atoms with van der Waals surface area (Å²) >= 11 is 3.68. The second kappa shape index (κ2) is 7.91. The minimum Gasteiger partial charge on any atom is -0.496 e. The average Bonchev–Trinajstić information content (AvgIpc) is 2.45. The molecule has 2 nitrogen and oxygen atoms in total. The first kappa shape index (κ1) is 16.5. The molecule has 1 aromatic rings. The van der Waals surface area contributed by atoms with Gasteiger partial charge in [-0.2, -0.15) is 0 Å². The molecule has 0 saturated carbocycles. The molecule has 0 aromatic heterocycles. The van der Waals surface area contributed by atoms with Crippen LogP contribution in [0.4, 0.5) is 0 Å². The number of methoxy groups -OCH3 is 1. The fraction of sp³-hybridized carbons (Fsp3) is 0.625. The lowest BCUT2D eigenvalue weighted by Gasteiger charge is -2.34. The molecule has 108 valence electrons. The predicted octanol–water partition coefficient (Wildman–Crippen LogP) is 4.33. The maximum Gasteiger partial charge on any atom is 0.123 e. The molecule has 19 heavy (non-hydrogen) atoms. The fourth-order valence-corrected chi connectivity index (χ4v) is 3.43. The molecule has 3 heteroatoms. The van der Waals surface area contributed by atoms with E-state index in [1.807, 2.05) is 12.1 Å². The minimum atomic E-state index is 0.372. The number of ether oxygens (including phenoxy) is 1. The van der Waals surface area contributed by atoms with Gasteiger partial charge in [-0.1, -0.05) is 48.0 Å². The zero-order valence-corrected chi connectivity index (χ0v) is 14.2. The van der Waals surface area contributed by atoms with E-state index in [2.05, 4.69) is 53.9 Å². The van der Waals surface area contributed by atoms with Crippen LogP contribution in [0.1, 0.15) is 32.3 Å². The largest absolute Gasteiger partial charge is 0.496 e. The molecule has 1 aromatic carbocycles. The third kappa shape index (κ3) is 4.50. The Morgan fingerprint density at radius 1 is 1.21 bits per heavy atom. The molecule has 0 aliphatic carbocycles. The van der Waals surface area contributed by atoms with Crippen LogP contribution in [0.3, 0.4) is 0 Å². The predicted molar refractivity (Wildman–Crippen MR) is 86.1 cm³/mol. The van der Waals surface area contributed by atoms with Crippen LogP contribution in [0.5, 0.6) is 5.75 Å². The Labute approximate surface area is 126 Å². The summed E-state index contributed by atoms with van der Waals surface area (Å²) < 4.78 is 5.42. The molecule has 0 bridgehead atoms. The Bertz CT molecular complexity index is 369. The number of hydrogen-bond donors (Lipinski definition) is 0. The van der Waals surface area contributed by atoms with Crippen molar-refractivity contribution in [3.05, 3.63) is 29.8 Å². The Hall–Kier alpha value is -0.540. The van der Waals surface area contributed by atoms with Crippen molar-refractivity contribution >= 4 is 15.9 Å². The van der Waals surface area contributed by atoms with E-state index in [1.165, 1.54) is 18.4 Å². The van der Waals surface area contributed by atoms with Crippen LogP contribution in [-0.2, 0) is 6.54 Å². The van der Waals surface area contributed by atoms with Crippen LogP contribution in [0, 0.1) is 5.41 Å². The molecule has 0 N–H and O–H groups in total. The molecule has 0 heterocycles. The van der Waals surface area contributed by atoms with Crippen LogP contribution >= 0.6 is 15.9 Å². The first-order valence-electron chi connectivity index (χ1n) is 6.97. The summed E-state index contributed by atoms with van der Waals surface area (Å²) in [7, 11) is 3.93. The van der Waals surface area contributed by atoms with E-state index in [9.17, 15) is 0 Å². The summed E-state index contributed by atoms with van der Waals surface area (Å²) in [5.41, 5.74) is 1.62. The van der Waals surface area contributed by atoms with Crippen molar-refractivity contribution in [2.45, 2.75) is 33.2 Å². The SMILES string of the molecule is CCC(CC)(CBr)CN(C)Cc1ccccc1OC. The van der Waals surface area contributed by atoms with Crippen LogP contribution in [0.25, 0.3) is 0 Å². The van der Waals surface area contributed by atoms with Gasteiger partial charge in [-0.15, -0.1) is 0 Å². The second-order valence-electron chi connectivity index (χ2n) is 5.32. The van der Waals surface area contributed by atoms with Gasteiger partial charge < -0.3 is 9.64 Å². The van der Waals surface area contributed by atoms with Crippen molar-refractivity contribution in [3.63, 3.8) is 0 Å². The van der Waals surface area contributed by atoms with E-state index in [0.29, 0.717) is 5.41 Å². The van der Waals surface area contributed by atoms with Crippen molar-refractivity contribution in [1.82, 2.24) is 4.90 Å². The quantitative estimate of drug-likeness (QED) is 0.659. The highest BCUT2D eigenvalue weighted by Crippen LogP contribution is 2.30. The average molecular weight is 328 g/mol. The van der Waals surface area contributed by atoms with Crippen molar-refractivity contribution in [3.8, 4) is 5.75 Å². The highest BCUT2D eigenvalue weighted by Gasteiger charge is 2.26. The number of alkyl halides is 1. The maximum atomic E-state index is 5.42. The smallest absolute Gasteiger partial charge is 0.123 e. The van der Waals surface area contributed by atoms with Gasteiger partial charge in [0.05, 0.1) is 7.11 Å². The van der Waals surface area contributed by atoms with Gasteiger partial charge in [0, 0.05) is 24.0 Å². The van der Waals surface area contributed by atoms with Crippen LogP contribution < -0.4 is 4.74 Å². The molecule has 0 aliphatic heterocycles.